The van der Waals surface area contributed by atoms with E-state index in [2.05, 4.69) is 51.2 Å². The van der Waals surface area contributed by atoms with Gasteiger partial charge in [0.2, 0.25) is 11.8 Å². The number of nitrogens with zero attached hydrogens (tertiary/aromatic N) is 1. The van der Waals surface area contributed by atoms with Gasteiger partial charge in [-0.3, -0.25) is 9.59 Å². The van der Waals surface area contributed by atoms with Crippen LogP contribution in [-0.2, 0) is 16.1 Å². The molecule has 1 N–H and O–H groups in total. The van der Waals surface area contributed by atoms with Gasteiger partial charge < -0.3 is 10.2 Å². The summed E-state index contributed by atoms with van der Waals surface area (Å²) in [5, 5.41) is 2.96. The van der Waals surface area contributed by atoms with Gasteiger partial charge in [0.1, 0.15) is 0 Å². The highest BCUT2D eigenvalue weighted by atomic mass is 16.2. The third-order valence-corrected chi connectivity index (χ3v) is 5.17. The first kappa shape index (κ1) is 22.7. The van der Waals surface area contributed by atoms with Crippen LogP contribution in [0.4, 0.5) is 5.69 Å². The molecule has 2 rings (SSSR count). The molecule has 29 heavy (non-hydrogen) atoms. The van der Waals surface area contributed by atoms with E-state index in [1.165, 1.54) is 5.56 Å². The Morgan fingerprint density at radius 3 is 1.97 bits per heavy atom. The summed E-state index contributed by atoms with van der Waals surface area (Å²) >= 11 is 0. The topological polar surface area (TPSA) is 49.4 Å². The number of carbonyl (C=O) groups excluding carboxylic acids is 2. The van der Waals surface area contributed by atoms with Crippen molar-refractivity contribution in [1.29, 1.82) is 0 Å². The summed E-state index contributed by atoms with van der Waals surface area (Å²) in [5.74, 6) is 0.498. The molecule has 0 heterocycles. The Balaban J connectivity index is 2.13. The van der Waals surface area contributed by atoms with Crippen LogP contribution in [0, 0.1) is 6.92 Å². The van der Waals surface area contributed by atoms with Crippen molar-refractivity contribution in [3.05, 3.63) is 64.7 Å². The molecule has 0 aromatic heterocycles. The Morgan fingerprint density at radius 2 is 1.48 bits per heavy atom. The average molecular weight is 395 g/mol. The fraction of sp³-hybridized carbons (Fsp3) is 0.440. The maximum absolute atomic E-state index is 12.5. The van der Waals surface area contributed by atoms with Gasteiger partial charge in [-0.25, -0.2) is 0 Å². The second-order valence-electron chi connectivity index (χ2n) is 8.28. The van der Waals surface area contributed by atoms with Crippen molar-refractivity contribution < 1.29 is 9.59 Å². The normalized spacial score (nSPS) is 11.0. The molecule has 0 atom stereocenters. The van der Waals surface area contributed by atoms with Gasteiger partial charge in [-0.05, 0) is 35.4 Å². The number of hydrogen-bond acceptors (Lipinski definition) is 2. The minimum atomic E-state index is -0.0510. The highest BCUT2D eigenvalue weighted by Crippen LogP contribution is 2.35. The number of nitrogens with one attached hydrogen (secondary N) is 1. The molecule has 4 nitrogen and oxygen atoms in total. The number of hydrogen-bond donors (Lipinski definition) is 1. The molecule has 0 unspecified atom stereocenters. The highest BCUT2D eigenvalue weighted by Gasteiger charge is 2.22. The third-order valence-electron chi connectivity index (χ3n) is 5.17. The molecule has 156 valence electrons. The minimum Gasteiger partial charge on any atom is -0.352 e. The van der Waals surface area contributed by atoms with Crippen LogP contribution in [0.25, 0.3) is 0 Å². The maximum atomic E-state index is 12.5. The van der Waals surface area contributed by atoms with Gasteiger partial charge in [0.25, 0.3) is 0 Å². The molecule has 2 aromatic rings. The van der Waals surface area contributed by atoms with E-state index in [1.54, 1.807) is 11.8 Å². The smallest absolute Gasteiger partial charge is 0.223 e. The van der Waals surface area contributed by atoms with Crippen molar-refractivity contribution in [1.82, 2.24) is 5.32 Å². The molecule has 0 aliphatic heterocycles. The molecule has 0 aliphatic rings. The van der Waals surface area contributed by atoms with E-state index in [-0.39, 0.29) is 18.2 Å². The molecule has 0 saturated carbocycles. The number of para-hydroxylation sites is 1. The molecule has 0 fully saturated rings. The van der Waals surface area contributed by atoms with Crippen LogP contribution >= 0.6 is 0 Å². The minimum absolute atomic E-state index is 0.0358. The summed E-state index contributed by atoms with van der Waals surface area (Å²) in [7, 11) is 0. The molecule has 0 saturated heterocycles. The second-order valence-corrected chi connectivity index (χ2v) is 8.28. The van der Waals surface area contributed by atoms with Crippen LogP contribution in [0.3, 0.4) is 0 Å². The molecule has 0 bridgehead atoms. The summed E-state index contributed by atoms with van der Waals surface area (Å²) in [6, 6.07) is 14.3. The first-order valence-corrected chi connectivity index (χ1v) is 10.4. The van der Waals surface area contributed by atoms with Crippen molar-refractivity contribution in [2.24, 2.45) is 0 Å². The van der Waals surface area contributed by atoms with Crippen LogP contribution in [0.1, 0.15) is 75.1 Å². The zero-order chi connectivity index (χ0) is 21.6. The lowest BCUT2D eigenvalue weighted by atomic mass is 9.91. The SMILES string of the molecule is CC(=O)N(CCC(=O)NCc1ccc(C)cc1)c1c(C(C)C)cccc1C(C)C. The van der Waals surface area contributed by atoms with Gasteiger partial charge in [-0.2, -0.15) is 0 Å². The van der Waals surface area contributed by atoms with Crippen molar-refractivity contribution in [3.63, 3.8) is 0 Å². The molecule has 4 heteroatoms. The maximum Gasteiger partial charge on any atom is 0.223 e. The molecule has 2 aromatic carbocycles. The van der Waals surface area contributed by atoms with Gasteiger partial charge in [-0.15, -0.1) is 0 Å². The number of anilines is 1. The Labute approximate surface area is 175 Å². The van der Waals surface area contributed by atoms with E-state index >= 15 is 0 Å². The van der Waals surface area contributed by atoms with Crippen LogP contribution < -0.4 is 10.2 Å². The Hall–Kier alpha value is -2.62. The standard InChI is InChI=1S/C25H34N2O2/c1-17(2)22-8-7-9-23(18(3)4)25(22)27(20(6)28)15-14-24(29)26-16-21-12-10-19(5)11-13-21/h7-13,17-18H,14-16H2,1-6H3,(H,26,29). The number of aryl methyl sites for hydroxylation is 1. The fourth-order valence-electron chi connectivity index (χ4n) is 3.46. The summed E-state index contributed by atoms with van der Waals surface area (Å²) < 4.78 is 0. The largest absolute Gasteiger partial charge is 0.352 e. The zero-order valence-electron chi connectivity index (χ0n) is 18.6. The number of rotatable bonds is 8. The van der Waals surface area contributed by atoms with Gasteiger partial charge in [0.05, 0.1) is 5.69 Å². The van der Waals surface area contributed by atoms with Gasteiger partial charge in [0.15, 0.2) is 0 Å². The van der Waals surface area contributed by atoms with Crippen molar-refractivity contribution >= 4 is 17.5 Å². The third kappa shape index (κ3) is 6.18. The Morgan fingerprint density at radius 1 is 0.931 bits per heavy atom. The molecule has 0 radical (unpaired) electrons. The van der Waals surface area contributed by atoms with Crippen LogP contribution in [-0.4, -0.2) is 18.4 Å². The summed E-state index contributed by atoms with van der Waals surface area (Å²) in [6.07, 6.45) is 0.273. The molecule has 0 spiro atoms. The van der Waals surface area contributed by atoms with E-state index in [1.807, 2.05) is 31.2 Å². The lowest BCUT2D eigenvalue weighted by Gasteiger charge is -2.29. The van der Waals surface area contributed by atoms with Crippen molar-refractivity contribution in [2.45, 2.75) is 66.3 Å². The Bertz CT molecular complexity index is 812. The van der Waals surface area contributed by atoms with E-state index in [0.29, 0.717) is 24.9 Å². The van der Waals surface area contributed by atoms with E-state index < -0.39 is 0 Å². The molecule has 2 amide bonds. The monoisotopic (exact) mass is 394 g/mol. The number of amides is 2. The lowest BCUT2D eigenvalue weighted by molar-refractivity contribution is -0.121. The zero-order valence-corrected chi connectivity index (χ0v) is 18.6. The average Bonchev–Trinajstić information content (AvgIpc) is 2.67. The first-order chi connectivity index (χ1) is 13.7. The number of benzene rings is 2. The summed E-state index contributed by atoms with van der Waals surface area (Å²) in [6.45, 7) is 13.0. The first-order valence-electron chi connectivity index (χ1n) is 10.4. The van der Waals surface area contributed by atoms with E-state index in [0.717, 1.165) is 22.4 Å². The predicted molar refractivity (Wildman–Crippen MR) is 120 cm³/mol. The van der Waals surface area contributed by atoms with Gasteiger partial charge in [0, 0.05) is 26.4 Å². The van der Waals surface area contributed by atoms with E-state index in [4.69, 9.17) is 0 Å². The highest BCUT2D eigenvalue weighted by molar-refractivity contribution is 5.94. The van der Waals surface area contributed by atoms with Gasteiger partial charge >= 0.3 is 0 Å². The number of carbonyl (C=O) groups is 2. The van der Waals surface area contributed by atoms with Crippen molar-refractivity contribution in [2.75, 3.05) is 11.4 Å². The van der Waals surface area contributed by atoms with Crippen LogP contribution in [0.2, 0.25) is 0 Å². The van der Waals surface area contributed by atoms with Crippen molar-refractivity contribution in [3.8, 4) is 0 Å². The molecule has 0 aliphatic carbocycles. The fourth-order valence-corrected chi connectivity index (χ4v) is 3.46. The van der Waals surface area contributed by atoms with Crippen LogP contribution in [0.15, 0.2) is 42.5 Å². The van der Waals surface area contributed by atoms with E-state index in [9.17, 15) is 9.59 Å². The van der Waals surface area contributed by atoms with Crippen LogP contribution in [0.5, 0.6) is 0 Å². The quantitative estimate of drug-likeness (QED) is 0.660. The molecular weight excluding hydrogens is 360 g/mol. The van der Waals surface area contributed by atoms with Gasteiger partial charge in [-0.1, -0.05) is 75.7 Å². The lowest BCUT2D eigenvalue weighted by Crippen LogP contribution is -2.35. The second kappa shape index (κ2) is 10.2. The molecular formula is C25H34N2O2. The summed E-state index contributed by atoms with van der Waals surface area (Å²) in [4.78, 5) is 26.7. The summed E-state index contributed by atoms with van der Waals surface area (Å²) in [5.41, 5.74) is 5.52. The predicted octanol–water partition coefficient (Wildman–Crippen LogP) is 5.30. The Kier molecular flexibility index (Phi) is 8.00.